The van der Waals surface area contributed by atoms with E-state index in [-0.39, 0.29) is 29.9 Å². The summed E-state index contributed by atoms with van der Waals surface area (Å²) in [6.07, 6.45) is 1.53. The molecule has 1 N–H and O–H groups in total. The summed E-state index contributed by atoms with van der Waals surface area (Å²) in [4.78, 5) is 21.1. The SMILES string of the molecule is CCNC(=NCCOCc1ccccc1)N1CCN(C(=O)c2ccco2)CC1.I. The average Bonchev–Trinajstić information content (AvgIpc) is 3.28. The Kier molecular flexibility index (Phi) is 9.99. The summed E-state index contributed by atoms with van der Waals surface area (Å²) in [5, 5.41) is 3.33. The standard InChI is InChI=1S/C21H28N4O3.HI/c1-2-22-21(23-10-16-27-17-18-7-4-3-5-8-18)25-13-11-24(12-14-25)20(26)19-9-6-15-28-19;/h3-9,15H,2,10-14,16-17H2,1H3,(H,22,23);1H. The lowest BCUT2D eigenvalue weighted by atomic mass is 10.2. The molecular formula is C21H29IN4O3. The van der Waals surface area contributed by atoms with Crippen molar-refractivity contribution in [2.24, 2.45) is 4.99 Å². The molecule has 1 aromatic carbocycles. The molecule has 0 aliphatic carbocycles. The maximum absolute atomic E-state index is 12.4. The zero-order valence-electron chi connectivity index (χ0n) is 16.8. The topological polar surface area (TPSA) is 70.3 Å². The number of carbonyl (C=O) groups is 1. The fourth-order valence-electron chi connectivity index (χ4n) is 3.08. The molecular weight excluding hydrogens is 483 g/mol. The molecule has 2 heterocycles. The van der Waals surface area contributed by atoms with Crippen LogP contribution in [0.25, 0.3) is 0 Å². The number of carbonyl (C=O) groups excluding carboxylic acids is 1. The second kappa shape index (κ2) is 12.5. The molecule has 3 rings (SSSR count). The van der Waals surface area contributed by atoms with Crippen molar-refractivity contribution in [3.8, 4) is 0 Å². The van der Waals surface area contributed by atoms with Gasteiger partial charge in [0.25, 0.3) is 5.91 Å². The summed E-state index contributed by atoms with van der Waals surface area (Å²) in [6, 6.07) is 13.6. The highest BCUT2D eigenvalue weighted by Gasteiger charge is 2.25. The first kappa shape index (κ1) is 23.2. The highest BCUT2D eigenvalue weighted by atomic mass is 127. The number of nitrogens with zero attached hydrogens (tertiary/aromatic N) is 3. The summed E-state index contributed by atoms with van der Waals surface area (Å²) in [5.74, 6) is 1.21. The zero-order chi connectivity index (χ0) is 19.6. The van der Waals surface area contributed by atoms with Gasteiger partial charge in [-0.15, -0.1) is 24.0 Å². The van der Waals surface area contributed by atoms with Crippen LogP contribution in [0.4, 0.5) is 0 Å². The molecule has 0 unspecified atom stereocenters. The van der Waals surface area contributed by atoms with E-state index in [4.69, 9.17) is 9.15 Å². The van der Waals surface area contributed by atoms with Gasteiger partial charge in [-0.1, -0.05) is 30.3 Å². The Labute approximate surface area is 189 Å². The number of benzene rings is 1. The molecule has 1 fully saturated rings. The van der Waals surface area contributed by atoms with Gasteiger partial charge in [-0.05, 0) is 24.6 Å². The molecule has 0 atom stereocenters. The number of furan rings is 1. The van der Waals surface area contributed by atoms with Crippen molar-refractivity contribution in [1.82, 2.24) is 15.1 Å². The van der Waals surface area contributed by atoms with Crippen LogP contribution in [-0.4, -0.2) is 67.5 Å². The number of hydrogen-bond acceptors (Lipinski definition) is 4. The van der Waals surface area contributed by atoms with Crippen LogP contribution in [0.2, 0.25) is 0 Å². The van der Waals surface area contributed by atoms with Gasteiger partial charge in [0.05, 0.1) is 26.0 Å². The van der Waals surface area contributed by atoms with Crippen LogP contribution in [0.5, 0.6) is 0 Å². The van der Waals surface area contributed by atoms with Gasteiger partial charge >= 0.3 is 0 Å². The summed E-state index contributed by atoms with van der Waals surface area (Å²) >= 11 is 0. The molecule has 1 aliphatic heterocycles. The van der Waals surface area contributed by atoms with Crippen LogP contribution in [0.1, 0.15) is 23.0 Å². The normalized spacial score (nSPS) is 14.4. The van der Waals surface area contributed by atoms with E-state index in [0.29, 0.717) is 38.6 Å². The smallest absolute Gasteiger partial charge is 0.289 e. The Morgan fingerprint density at radius 1 is 1.10 bits per heavy atom. The number of piperazine rings is 1. The van der Waals surface area contributed by atoms with Crippen molar-refractivity contribution < 1.29 is 13.9 Å². The fourth-order valence-corrected chi connectivity index (χ4v) is 3.08. The molecule has 0 saturated carbocycles. The highest BCUT2D eigenvalue weighted by molar-refractivity contribution is 14.0. The van der Waals surface area contributed by atoms with E-state index in [0.717, 1.165) is 31.2 Å². The van der Waals surface area contributed by atoms with E-state index in [9.17, 15) is 4.79 Å². The highest BCUT2D eigenvalue weighted by Crippen LogP contribution is 2.09. The second-order valence-corrected chi connectivity index (χ2v) is 6.53. The summed E-state index contributed by atoms with van der Waals surface area (Å²) in [6.45, 7) is 7.39. The largest absolute Gasteiger partial charge is 0.459 e. The minimum Gasteiger partial charge on any atom is -0.459 e. The number of nitrogens with one attached hydrogen (secondary N) is 1. The van der Waals surface area contributed by atoms with Crippen LogP contribution >= 0.6 is 24.0 Å². The quantitative estimate of drug-likeness (QED) is 0.268. The third kappa shape index (κ3) is 7.04. The van der Waals surface area contributed by atoms with Crippen LogP contribution in [-0.2, 0) is 11.3 Å². The minimum absolute atomic E-state index is 0. The number of aliphatic imine (C=N–C) groups is 1. The number of halogens is 1. The Bertz CT molecular complexity index is 745. The number of amides is 1. The molecule has 8 heteroatoms. The molecule has 1 aromatic heterocycles. The van der Waals surface area contributed by atoms with Crippen molar-refractivity contribution in [1.29, 1.82) is 0 Å². The summed E-state index contributed by atoms with van der Waals surface area (Å²) < 4.78 is 10.9. The number of ether oxygens (including phenoxy) is 1. The third-order valence-corrected chi connectivity index (χ3v) is 4.54. The van der Waals surface area contributed by atoms with Gasteiger partial charge in [-0.2, -0.15) is 0 Å². The molecule has 0 radical (unpaired) electrons. The maximum Gasteiger partial charge on any atom is 0.289 e. The fraction of sp³-hybridized carbons (Fsp3) is 0.429. The van der Waals surface area contributed by atoms with E-state index >= 15 is 0 Å². The lowest BCUT2D eigenvalue weighted by Crippen LogP contribution is -2.53. The Morgan fingerprint density at radius 3 is 2.48 bits per heavy atom. The Morgan fingerprint density at radius 2 is 1.83 bits per heavy atom. The van der Waals surface area contributed by atoms with Crippen LogP contribution < -0.4 is 5.32 Å². The van der Waals surface area contributed by atoms with Gasteiger partial charge in [-0.25, -0.2) is 0 Å². The predicted octanol–water partition coefficient (Wildman–Crippen LogP) is 2.84. The van der Waals surface area contributed by atoms with E-state index in [1.165, 1.54) is 6.26 Å². The first-order valence-electron chi connectivity index (χ1n) is 9.75. The average molecular weight is 512 g/mol. The Hall–Kier alpha value is -2.07. The molecule has 158 valence electrons. The maximum atomic E-state index is 12.4. The van der Waals surface area contributed by atoms with Gasteiger partial charge in [0.2, 0.25) is 0 Å². The molecule has 29 heavy (non-hydrogen) atoms. The lowest BCUT2D eigenvalue weighted by molar-refractivity contribution is 0.0657. The van der Waals surface area contributed by atoms with Gasteiger partial charge in [0.1, 0.15) is 0 Å². The first-order chi connectivity index (χ1) is 13.8. The molecule has 2 aromatic rings. The van der Waals surface area contributed by atoms with Crippen LogP contribution in [0.15, 0.2) is 58.1 Å². The van der Waals surface area contributed by atoms with E-state index in [1.54, 1.807) is 12.1 Å². The number of guanidine groups is 1. The van der Waals surface area contributed by atoms with Crippen molar-refractivity contribution in [3.05, 3.63) is 60.1 Å². The Balaban J connectivity index is 0.00000300. The first-order valence-corrected chi connectivity index (χ1v) is 9.75. The predicted molar refractivity (Wildman–Crippen MR) is 124 cm³/mol. The molecule has 0 spiro atoms. The second-order valence-electron chi connectivity index (χ2n) is 6.53. The molecule has 0 bridgehead atoms. The van der Waals surface area contributed by atoms with Crippen LogP contribution in [0.3, 0.4) is 0 Å². The van der Waals surface area contributed by atoms with Gasteiger partial charge < -0.3 is 24.3 Å². The van der Waals surface area contributed by atoms with Gasteiger partial charge in [0, 0.05) is 32.7 Å². The lowest BCUT2D eigenvalue weighted by Gasteiger charge is -2.36. The van der Waals surface area contributed by atoms with E-state index in [2.05, 4.69) is 34.3 Å². The number of hydrogen-bond donors (Lipinski definition) is 1. The molecule has 7 nitrogen and oxygen atoms in total. The van der Waals surface area contributed by atoms with Crippen molar-refractivity contribution in [3.63, 3.8) is 0 Å². The number of rotatable bonds is 7. The van der Waals surface area contributed by atoms with E-state index < -0.39 is 0 Å². The summed E-state index contributed by atoms with van der Waals surface area (Å²) in [5.41, 5.74) is 1.16. The van der Waals surface area contributed by atoms with Crippen molar-refractivity contribution in [2.75, 3.05) is 45.9 Å². The van der Waals surface area contributed by atoms with Crippen molar-refractivity contribution >= 4 is 35.8 Å². The molecule has 1 aliphatic rings. The third-order valence-electron chi connectivity index (χ3n) is 4.54. The zero-order valence-corrected chi connectivity index (χ0v) is 19.1. The minimum atomic E-state index is -0.0547. The van der Waals surface area contributed by atoms with Crippen molar-refractivity contribution in [2.45, 2.75) is 13.5 Å². The molecule has 1 amide bonds. The monoisotopic (exact) mass is 512 g/mol. The molecule has 1 saturated heterocycles. The summed E-state index contributed by atoms with van der Waals surface area (Å²) in [7, 11) is 0. The van der Waals surface area contributed by atoms with Crippen LogP contribution in [0, 0.1) is 0 Å². The van der Waals surface area contributed by atoms with Gasteiger partial charge in [0.15, 0.2) is 11.7 Å². The van der Waals surface area contributed by atoms with E-state index in [1.807, 2.05) is 23.1 Å². The van der Waals surface area contributed by atoms with Gasteiger partial charge in [-0.3, -0.25) is 9.79 Å².